The average molecular weight is 272 g/mol. The van der Waals surface area contributed by atoms with E-state index < -0.39 is 23.4 Å². The molecule has 7 nitrogen and oxygen atoms in total. The first-order valence-electron chi connectivity index (χ1n) is 6.37. The van der Waals surface area contributed by atoms with Crippen molar-refractivity contribution in [1.29, 1.82) is 0 Å². The van der Waals surface area contributed by atoms with E-state index in [0.29, 0.717) is 19.4 Å². The number of carbonyl (C=O) groups excluding carboxylic acids is 1. The zero-order chi connectivity index (χ0) is 14.5. The van der Waals surface area contributed by atoms with Crippen LogP contribution in [0.25, 0.3) is 0 Å². The molecule has 1 aliphatic rings. The fourth-order valence-corrected chi connectivity index (χ4v) is 2.24. The van der Waals surface area contributed by atoms with Gasteiger partial charge >= 0.3 is 11.9 Å². The minimum atomic E-state index is -1.20. The lowest BCUT2D eigenvalue weighted by molar-refractivity contribution is -0.144. The van der Waals surface area contributed by atoms with Gasteiger partial charge in [0, 0.05) is 13.0 Å². The molecule has 1 aliphatic heterocycles. The zero-order valence-electron chi connectivity index (χ0n) is 10.9. The van der Waals surface area contributed by atoms with Crippen molar-refractivity contribution in [2.24, 2.45) is 5.41 Å². The molecule has 19 heavy (non-hydrogen) atoms. The molecule has 0 aromatic carbocycles. The highest BCUT2D eigenvalue weighted by Crippen LogP contribution is 2.29. The van der Waals surface area contributed by atoms with Gasteiger partial charge < -0.3 is 20.8 Å². The van der Waals surface area contributed by atoms with Crippen molar-refractivity contribution in [2.75, 3.05) is 13.1 Å². The topological polar surface area (TPSA) is 116 Å². The highest BCUT2D eigenvalue weighted by Gasteiger charge is 2.40. The second-order valence-electron chi connectivity index (χ2n) is 4.86. The van der Waals surface area contributed by atoms with E-state index in [1.807, 2.05) is 6.92 Å². The smallest absolute Gasteiger partial charge is 0.326 e. The number of hydrogen-bond donors (Lipinski definition) is 4. The van der Waals surface area contributed by atoms with Crippen molar-refractivity contribution < 1.29 is 24.6 Å². The molecule has 4 N–H and O–H groups in total. The Morgan fingerprint density at radius 3 is 2.47 bits per heavy atom. The molecular formula is C12H20N2O5. The van der Waals surface area contributed by atoms with Crippen LogP contribution < -0.4 is 10.6 Å². The third-order valence-corrected chi connectivity index (χ3v) is 3.65. The first-order valence-corrected chi connectivity index (χ1v) is 6.37. The third kappa shape index (κ3) is 3.92. The van der Waals surface area contributed by atoms with Crippen molar-refractivity contribution in [2.45, 2.75) is 38.6 Å². The first-order chi connectivity index (χ1) is 8.91. The standard InChI is InChI=1S/C12H20N2O5/c1-2-12(5-6-13-7-12)11(19)14-8(10(17)18)3-4-9(15)16/h8,13H,2-7H2,1H3,(H,14,19)(H,15,16)(H,17,18)/t8-,12?/m0/s1. The molecule has 1 amide bonds. The van der Waals surface area contributed by atoms with Gasteiger partial charge in [-0.05, 0) is 25.8 Å². The van der Waals surface area contributed by atoms with E-state index in [-0.39, 0.29) is 18.7 Å². The van der Waals surface area contributed by atoms with E-state index in [0.717, 1.165) is 6.54 Å². The molecule has 0 bridgehead atoms. The maximum atomic E-state index is 12.2. The Balaban J connectivity index is 2.65. The summed E-state index contributed by atoms with van der Waals surface area (Å²) in [5.41, 5.74) is -0.572. The molecule has 0 aliphatic carbocycles. The zero-order valence-corrected chi connectivity index (χ0v) is 10.9. The lowest BCUT2D eigenvalue weighted by Crippen LogP contribution is -2.49. The second kappa shape index (κ2) is 6.51. The largest absolute Gasteiger partial charge is 0.481 e. The number of carbonyl (C=O) groups is 3. The molecule has 1 saturated heterocycles. The van der Waals surface area contributed by atoms with Gasteiger partial charge in [0.2, 0.25) is 5.91 Å². The van der Waals surface area contributed by atoms with E-state index in [1.165, 1.54) is 0 Å². The minimum Gasteiger partial charge on any atom is -0.481 e. The van der Waals surface area contributed by atoms with Crippen LogP contribution in [0.1, 0.15) is 32.6 Å². The van der Waals surface area contributed by atoms with Crippen LogP contribution in [-0.2, 0) is 14.4 Å². The summed E-state index contributed by atoms with van der Waals surface area (Å²) < 4.78 is 0. The number of amides is 1. The monoisotopic (exact) mass is 272 g/mol. The van der Waals surface area contributed by atoms with Crippen LogP contribution in [0.2, 0.25) is 0 Å². The Hall–Kier alpha value is -1.63. The molecule has 0 aromatic heterocycles. The lowest BCUT2D eigenvalue weighted by atomic mass is 9.83. The quantitative estimate of drug-likeness (QED) is 0.510. The van der Waals surface area contributed by atoms with Gasteiger partial charge in [-0.2, -0.15) is 0 Å². The highest BCUT2D eigenvalue weighted by molar-refractivity contribution is 5.88. The third-order valence-electron chi connectivity index (χ3n) is 3.65. The Labute approximate surface area is 111 Å². The van der Waals surface area contributed by atoms with Gasteiger partial charge in [-0.25, -0.2) is 4.79 Å². The number of rotatable bonds is 7. The second-order valence-corrected chi connectivity index (χ2v) is 4.86. The van der Waals surface area contributed by atoms with Crippen LogP contribution in [0.3, 0.4) is 0 Å². The van der Waals surface area contributed by atoms with Crippen molar-refractivity contribution in [3.63, 3.8) is 0 Å². The fraction of sp³-hybridized carbons (Fsp3) is 0.750. The van der Waals surface area contributed by atoms with E-state index >= 15 is 0 Å². The summed E-state index contributed by atoms with van der Waals surface area (Å²) in [5.74, 6) is -2.59. The van der Waals surface area contributed by atoms with E-state index in [2.05, 4.69) is 10.6 Å². The SMILES string of the molecule is CCC1(C(=O)N[C@@H](CCC(=O)O)C(=O)O)CCNC1. The van der Waals surface area contributed by atoms with Gasteiger partial charge in [0.15, 0.2) is 0 Å². The van der Waals surface area contributed by atoms with Gasteiger partial charge in [-0.3, -0.25) is 9.59 Å². The maximum Gasteiger partial charge on any atom is 0.326 e. The van der Waals surface area contributed by atoms with Crippen LogP contribution in [-0.4, -0.2) is 47.2 Å². The summed E-state index contributed by atoms with van der Waals surface area (Å²) in [6, 6.07) is -1.15. The summed E-state index contributed by atoms with van der Waals surface area (Å²) in [6.45, 7) is 3.15. The Morgan fingerprint density at radius 1 is 1.37 bits per heavy atom. The minimum absolute atomic E-state index is 0.108. The van der Waals surface area contributed by atoms with Crippen molar-refractivity contribution in [3.05, 3.63) is 0 Å². The Morgan fingerprint density at radius 2 is 2.05 bits per heavy atom. The summed E-state index contributed by atoms with van der Waals surface area (Å²) in [7, 11) is 0. The van der Waals surface area contributed by atoms with Crippen LogP contribution >= 0.6 is 0 Å². The van der Waals surface area contributed by atoms with Crippen molar-refractivity contribution in [1.82, 2.24) is 10.6 Å². The molecule has 0 saturated carbocycles. The van der Waals surface area contributed by atoms with Crippen LogP contribution in [0.4, 0.5) is 0 Å². The highest BCUT2D eigenvalue weighted by atomic mass is 16.4. The molecule has 1 heterocycles. The molecule has 1 fully saturated rings. The van der Waals surface area contributed by atoms with Crippen molar-refractivity contribution >= 4 is 17.8 Å². The predicted octanol–water partition coefficient (Wildman–Crippen LogP) is -0.190. The van der Waals surface area contributed by atoms with Gasteiger partial charge in [0.1, 0.15) is 6.04 Å². The van der Waals surface area contributed by atoms with Gasteiger partial charge in [-0.15, -0.1) is 0 Å². The van der Waals surface area contributed by atoms with Crippen LogP contribution in [0.5, 0.6) is 0 Å². The number of carboxylic acid groups (broad SMARTS) is 2. The molecule has 7 heteroatoms. The maximum absolute atomic E-state index is 12.2. The molecule has 1 rings (SSSR count). The molecule has 0 radical (unpaired) electrons. The predicted molar refractivity (Wildman–Crippen MR) is 66.6 cm³/mol. The molecule has 108 valence electrons. The fourth-order valence-electron chi connectivity index (χ4n) is 2.24. The molecule has 0 spiro atoms. The Kier molecular flexibility index (Phi) is 5.29. The lowest BCUT2D eigenvalue weighted by Gasteiger charge is -2.27. The molecule has 0 aromatic rings. The van der Waals surface area contributed by atoms with E-state index in [9.17, 15) is 14.4 Å². The Bertz CT molecular complexity index is 363. The van der Waals surface area contributed by atoms with Crippen LogP contribution in [0, 0.1) is 5.41 Å². The van der Waals surface area contributed by atoms with Crippen LogP contribution in [0.15, 0.2) is 0 Å². The van der Waals surface area contributed by atoms with Gasteiger partial charge in [0.25, 0.3) is 0 Å². The first kappa shape index (κ1) is 15.4. The summed E-state index contributed by atoms with van der Waals surface area (Å²) in [4.78, 5) is 33.7. The normalized spacial score (nSPS) is 23.8. The van der Waals surface area contributed by atoms with E-state index in [1.54, 1.807) is 0 Å². The molecule has 2 atom stereocenters. The number of nitrogens with one attached hydrogen (secondary N) is 2. The number of hydrogen-bond acceptors (Lipinski definition) is 4. The van der Waals surface area contributed by atoms with Gasteiger partial charge in [0.05, 0.1) is 5.41 Å². The van der Waals surface area contributed by atoms with E-state index in [4.69, 9.17) is 10.2 Å². The van der Waals surface area contributed by atoms with Gasteiger partial charge in [-0.1, -0.05) is 6.92 Å². The number of carboxylic acids is 2. The molecular weight excluding hydrogens is 252 g/mol. The summed E-state index contributed by atoms with van der Waals surface area (Å²) in [6.07, 6.45) is 0.899. The summed E-state index contributed by atoms with van der Waals surface area (Å²) in [5, 5.41) is 23.1. The number of aliphatic carboxylic acids is 2. The van der Waals surface area contributed by atoms with Crippen molar-refractivity contribution in [3.8, 4) is 0 Å². The average Bonchev–Trinajstić information content (AvgIpc) is 2.83. The molecule has 1 unspecified atom stereocenters. The summed E-state index contributed by atoms with van der Waals surface area (Å²) >= 11 is 0.